The van der Waals surface area contributed by atoms with E-state index in [0.717, 1.165) is 42.9 Å². The molecule has 172 valence electrons. The third-order valence-corrected chi connectivity index (χ3v) is 5.82. The molecule has 2 aliphatic heterocycles. The summed E-state index contributed by atoms with van der Waals surface area (Å²) in [7, 11) is 4.64. The Kier molecular flexibility index (Phi) is 6.90. The summed E-state index contributed by atoms with van der Waals surface area (Å²) in [6.45, 7) is 2.47. The van der Waals surface area contributed by atoms with E-state index in [1.165, 1.54) is 0 Å². The minimum Gasteiger partial charge on any atom is -0.493 e. The van der Waals surface area contributed by atoms with Gasteiger partial charge >= 0.3 is 0 Å². The van der Waals surface area contributed by atoms with Crippen molar-refractivity contribution in [2.45, 2.75) is 25.3 Å². The SMILES string of the molecule is COc1cc(NC(=O)CN2CCC[C@@H]2c2ccc3c(c2)OCCCO3)cc(OC)c1OC. The first kappa shape index (κ1) is 22.1. The van der Waals surface area contributed by atoms with Gasteiger partial charge in [0.2, 0.25) is 11.7 Å². The van der Waals surface area contributed by atoms with Crippen LogP contribution in [0, 0.1) is 0 Å². The highest BCUT2D eigenvalue weighted by atomic mass is 16.5. The van der Waals surface area contributed by atoms with Crippen LogP contribution in [-0.2, 0) is 4.79 Å². The monoisotopic (exact) mass is 442 g/mol. The van der Waals surface area contributed by atoms with E-state index < -0.39 is 0 Å². The fourth-order valence-corrected chi connectivity index (χ4v) is 4.32. The van der Waals surface area contributed by atoms with E-state index in [2.05, 4.69) is 22.3 Å². The van der Waals surface area contributed by atoms with Crippen molar-refractivity contribution in [1.29, 1.82) is 0 Å². The summed E-state index contributed by atoms with van der Waals surface area (Å²) >= 11 is 0. The lowest BCUT2D eigenvalue weighted by atomic mass is 10.0. The zero-order valence-corrected chi connectivity index (χ0v) is 18.8. The Morgan fingerprint density at radius 1 is 1.00 bits per heavy atom. The van der Waals surface area contributed by atoms with Crippen LogP contribution in [-0.4, -0.2) is 58.4 Å². The number of amides is 1. The third kappa shape index (κ3) is 4.70. The maximum atomic E-state index is 12.9. The van der Waals surface area contributed by atoms with Gasteiger partial charge in [-0.05, 0) is 37.1 Å². The number of methoxy groups -OCH3 is 3. The van der Waals surface area contributed by atoms with Crippen LogP contribution in [0.25, 0.3) is 0 Å². The molecule has 2 aliphatic rings. The molecule has 1 amide bonds. The summed E-state index contributed by atoms with van der Waals surface area (Å²) in [5.41, 5.74) is 1.74. The number of anilines is 1. The molecule has 8 nitrogen and oxygen atoms in total. The first-order valence-electron chi connectivity index (χ1n) is 10.9. The Morgan fingerprint density at radius 2 is 1.72 bits per heavy atom. The van der Waals surface area contributed by atoms with Crippen molar-refractivity contribution in [2.75, 3.05) is 52.9 Å². The fraction of sp³-hybridized carbons (Fsp3) is 0.458. The molecule has 2 aromatic rings. The summed E-state index contributed by atoms with van der Waals surface area (Å²) < 4.78 is 27.7. The second-order valence-corrected chi connectivity index (χ2v) is 7.85. The smallest absolute Gasteiger partial charge is 0.238 e. The minimum atomic E-state index is -0.0967. The maximum Gasteiger partial charge on any atom is 0.238 e. The number of nitrogens with one attached hydrogen (secondary N) is 1. The zero-order valence-electron chi connectivity index (χ0n) is 18.8. The maximum absolute atomic E-state index is 12.9. The molecule has 0 spiro atoms. The molecule has 1 N–H and O–H groups in total. The van der Waals surface area contributed by atoms with E-state index in [4.69, 9.17) is 23.7 Å². The van der Waals surface area contributed by atoms with E-state index in [0.29, 0.717) is 36.1 Å². The van der Waals surface area contributed by atoms with Crippen molar-refractivity contribution in [1.82, 2.24) is 4.90 Å². The van der Waals surface area contributed by atoms with Crippen LogP contribution in [0.3, 0.4) is 0 Å². The van der Waals surface area contributed by atoms with E-state index in [1.54, 1.807) is 33.5 Å². The Hall–Kier alpha value is -3.13. The number of carbonyl (C=O) groups is 1. The lowest BCUT2D eigenvalue weighted by Gasteiger charge is -2.25. The molecule has 4 rings (SSSR count). The number of fused-ring (bicyclic) bond motifs is 1. The number of benzene rings is 2. The average Bonchev–Trinajstić information content (AvgIpc) is 3.13. The topological polar surface area (TPSA) is 78.5 Å². The molecule has 0 radical (unpaired) electrons. The summed E-state index contributed by atoms with van der Waals surface area (Å²) in [4.78, 5) is 15.1. The molecule has 0 bridgehead atoms. The molecule has 1 saturated heterocycles. The van der Waals surface area contributed by atoms with Crippen LogP contribution in [0.5, 0.6) is 28.7 Å². The largest absolute Gasteiger partial charge is 0.493 e. The van der Waals surface area contributed by atoms with Gasteiger partial charge in [0.05, 0.1) is 41.1 Å². The van der Waals surface area contributed by atoms with E-state index >= 15 is 0 Å². The predicted octanol–water partition coefficient (Wildman–Crippen LogP) is 3.65. The van der Waals surface area contributed by atoms with Gasteiger partial charge in [-0.3, -0.25) is 9.69 Å². The number of carbonyl (C=O) groups excluding carboxylic acids is 1. The van der Waals surface area contributed by atoms with Crippen LogP contribution in [0.2, 0.25) is 0 Å². The van der Waals surface area contributed by atoms with Gasteiger partial charge in [-0.2, -0.15) is 0 Å². The quantitative estimate of drug-likeness (QED) is 0.701. The highest BCUT2D eigenvalue weighted by Gasteiger charge is 2.29. The molecule has 0 aromatic heterocycles. The Morgan fingerprint density at radius 3 is 2.41 bits per heavy atom. The lowest BCUT2D eigenvalue weighted by molar-refractivity contribution is -0.117. The average molecular weight is 443 g/mol. The molecule has 32 heavy (non-hydrogen) atoms. The van der Waals surface area contributed by atoms with Crippen LogP contribution in [0.1, 0.15) is 30.9 Å². The summed E-state index contributed by atoms with van der Waals surface area (Å²) in [5, 5.41) is 2.96. The van der Waals surface area contributed by atoms with Crippen molar-refractivity contribution in [3.63, 3.8) is 0 Å². The van der Waals surface area contributed by atoms with Gasteiger partial charge in [0.1, 0.15) is 0 Å². The van der Waals surface area contributed by atoms with E-state index in [-0.39, 0.29) is 18.5 Å². The molecular weight excluding hydrogens is 412 g/mol. The number of ether oxygens (including phenoxy) is 5. The fourth-order valence-electron chi connectivity index (χ4n) is 4.32. The summed E-state index contributed by atoms with van der Waals surface area (Å²) in [5.74, 6) is 2.95. The van der Waals surface area contributed by atoms with Gasteiger partial charge in [0, 0.05) is 30.3 Å². The van der Waals surface area contributed by atoms with Crippen LogP contribution in [0.4, 0.5) is 5.69 Å². The number of hydrogen-bond donors (Lipinski definition) is 1. The standard InChI is InChI=1S/C24H30N2O6/c1-28-21-13-17(14-22(29-2)24(21)30-3)25-23(27)15-26-9-4-6-18(26)16-7-8-19-20(12-16)32-11-5-10-31-19/h7-8,12-14,18H,4-6,9-11,15H2,1-3H3,(H,25,27)/t18-/m1/s1. The second kappa shape index (κ2) is 9.99. The van der Waals surface area contributed by atoms with Crippen molar-refractivity contribution < 1.29 is 28.5 Å². The Labute approximate surface area is 188 Å². The Bertz CT molecular complexity index is 938. The number of rotatable bonds is 7. The van der Waals surface area contributed by atoms with E-state index in [1.807, 2.05) is 6.07 Å². The van der Waals surface area contributed by atoms with Crippen molar-refractivity contribution in [2.24, 2.45) is 0 Å². The molecule has 0 aliphatic carbocycles. The lowest BCUT2D eigenvalue weighted by Crippen LogP contribution is -2.33. The predicted molar refractivity (Wildman–Crippen MR) is 120 cm³/mol. The van der Waals surface area contributed by atoms with Gasteiger partial charge in [-0.15, -0.1) is 0 Å². The first-order chi connectivity index (χ1) is 15.6. The van der Waals surface area contributed by atoms with Crippen LogP contribution in [0.15, 0.2) is 30.3 Å². The molecular formula is C24H30N2O6. The summed E-state index contributed by atoms with van der Waals surface area (Å²) in [6.07, 6.45) is 2.91. The molecule has 2 heterocycles. The molecule has 1 atom stereocenters. The first-order valence-corrected chi connectivity index (χ1v) is 10.9. The summed E-state index contributed by atoms with van der Waals surface area (Å²) in [6, 6.07) is 9.73. The third-order valence-electron chi connectivity index (χ3n) is 5.82. The minimum absolute atomic E-state index is 0.0967. The van der Waals surface area contributed by atoms with Gasteiger partial charge in [-0.25, -0.2) is 0 Å². The number of likely N-dealkylation sites (tertiary alicyclic amines) is 1. The van der Waals surface area contributed by atoms with Crippen LogP contribution < -0.4 is 29.0 Å². The highest BCUT2D eigenvalue weighted by Crippen LogP contribution is 2.40. The van der Waals surface area contributed by atoms with Crippen molar-refractivity contribution >= 4 is 11.6 Å². The molecule has 0 unspecified atom stereocenters. The number of nitrogens with zero attached hydrogens (tertiary/aromatic N) is 1. The van der Waals surface area contributed by atoms with Crippen LogP contribution >= 0.6 is 0 Å². The molecule has 8 heteroatoms. The van der Waals surface area contributed by atoms with Crippen molar-refractivity contribution in [3.05, 3.63) is 35.9 Å². The van der Waals surface area contributed by atoms with Gasteiger partial charge < -0.3 is 29.0 Å². The highest BCUT2D eigenvalue weighted by molar-refractivity contribution is 5.93. The number of hydrogen-bond acceptors (Lipinski definition) is 7. The zero-order chi connectivity index (χ0) is 22.5. The molecule has 2 aromatic carbocycles. The van der Waals surface area contributed by atoms with Gasteiger partial charge in [0.25, 0.3) is 0 Å². The Balaban J connectivity index is 1.46. The van der Waals surface area contributed by atoms with Crippen molar-refractivity contribution in [3.8, 4) is 28.7 Å². The second-order valence-electron chi connectivity index (χ2n) is 7.85. The normalized spacial score (nSPS) is 18.0. The molecule has 1 fully saturated rings. The van der Waals surface area contributed by atoms with Gasteiger partial charge in [0.15, 0.2) is 23.0 Å². The van der Waals surface area contributed by atoms with E-state index in [9.17, 15) is 4.79 Å². The van der Waals surface area contributed by atoms with Gasteiger partial charge in [-0.1, -0.05) is 6.07 Å². The molecule has 0 saturated carbocycles.